The zero-order valence-electron chi connectivity index (χ0n) is 12.6. The van der Waals surface area contributed by atoms with E-state index in [4.69, 9.17) is 35.5 Å². The molecule has 1 heterocycles. The van der Waals surface area contributed by atoms with Crippen molar-refractivity contribution in [3.8, 4) is 0 Å². The molecule has 0 aromatic rings. The summed E-state index contributed by atoms with van der Waals surface area (Å²) in [7, 11) is -16.3. The summed E-state index contributed by atoms with van der Waals surface area (Å²) in [4.78, 5) is 34.4. The third-order valence-corrected chi connectivity index (χ3v) is 8.92. The summed E-state index contributed by atoms with van der Waals surface area (Å²) in [6, 6.07) is 0. The molecule has 0 bridgehead atoms. The van der Waals surface area contributed by atoms with Crippen LogP contribution in [0.5, 0.6) is 0 Å². The summed E-state index contributed by atoms with van der Waals surface area (Å²) >= 11 is 6.33. The van der Waals surface area contributed by atoms with E-state index in [0.29, 0.717) is 12.8 Å². The van der Waals surface area contributed by atoms with Crippen LogP contribution in [-0.4, -0.2) is 53.0 Å². The Bertz CT molecular complexity index is 729. The van der Waals surface area contributed by atoms with Crippen molar-refractivity contribution in [1.82, 2.24) is 0 Å². The molecule has 0 aromatic carbocycles. The van der Waals surface area contributed by atoms with Gasteiger partial charge in [-0.3, -0.25) is 4.52 Å². The van der Waals surface area contributed by atoms with Crippen LogP contribution < -0.4 is 0 Å². The van der Waals surface area contributed by atoms with Gasteiger partial charge >= 0.3 is 23.5 Å². The molecule has 6 atom stereocenters. The highest BCUT2D eigenvalue weighted by molar-refractivity contribution is 7.66. The molecule has 0 amide bonds. The zero-order valence-corrected chi connectivity index (χ0v) is 16.0. The van der Waals surface area contributed by atoms with Crippen LogP contribution in [0, 0.1) is 0 Å². The van der Waals surface area contributed by atoms with Gasteiger partial charge in [0.15, 0.2) is 0 Å². The molecule has 3 aliphatic rings. The number of aliphatic hydroxyl groups excluding tert-OH is 1. The van der Waals surface area contributed by atoms with Gasteiger partial charge in [0.05, 0.1) is 10.5 Å². The summed E-state index contributed by atoms with van der Waals surface area (Å²) in [5, 5.41) is 10.4. The number of hydrogen-bond acceptors (Lipinski definition) is 8. The van der Waals surface area contributed by atoms with Crippen LogP contribution in [0.3, 0.4) is 0 Å². The second kappa shape index (κ2) is 5.58. The van der Waals surface area contributed by atoms with Gasteiger partial charge in [-0.15, -0.1) is 11.6 Å². The van der Waals surface area contributed by atoms with Gasteiger partial charge in [0.1, 0.15) is 17.8 Å². The van der Waals surface area contributed by atoms with E-state index in [0.717, 1.165) is 0 Å². The van der Waals surface area contributed by atoms with Crippen molar-refractivity contribution in [2.45, 2.75) is 54.5 Å². The first-order valence-electron chi connectivity index (χ1n) is 6.94. The lowest BCUT2D eigenvalue weighted by Crippen LogP contribution is -2.42. The summed E-state index contributed by atoms with van der Waals surface area (Å²) in [6.07, 6.45) is -1.25. The first-order valence-corrected chi connectivity index (χ1v) is 11.8. The standard InChI is InChI=1S/C9H16ClO12P3/c1-7(10)6(11)9(20-8(7)2-3-8)4-5(9)19-24(15,16)22-25(17,18)21-23(12,13)14/h5-6,11H,2-4H2,1H3,(H,15,16)(H,17,18)(H2,12,13,14)/t5-,6-,7+,9?/m0/s1. The highest BCUT2D eigenvalue weighted by Crippen LogP contribution is 2.72. The summed E-state index contributed by atoms with van der Waals surface area (Å²) in [5.41, 5.74) is -2.14. The second-order valence-corrected chi connectivity index (χ2v) is 11.6. The highest BCUT2D eigenvalue weighted by Gasteiger charge is 2.81. The topological polar surface area (TPSA) is 189 Å². The molecular formula is C9H16ClO12P3. The summed E-state index contributed by atoms with van der Waals surface area (Å²) in [6.45, 7) is 1.57. The van der Waals surface area contributed by atoms with Gasteiger partial charge in [-0.25, -0.2) is 13.7 Å². The van der Waals surface area contributed by atoms with Crippen molar-refractivity contribution >= 4 is 35.1 Å². The van der Waals surface area contributed by atoms with E-state index in [1.807, 2.05) is 0 Å². The first kappa shape index (κ1) is 20.4. The molecule has 12 nitrogen and oxygen atoms in total. The van der Waals surface area contributed by atoms with Crippen LogP contribution in [0.1, 0.15) is 26.2 Å². The zero-order chi connectivity index (χ0) is 19.1. The van der Waals surface area contributed by atoms with Gasteiger partial charge < -0.3 is 29.4 Å². The number of rotatable bonds is 6. The quantitative estimate of drug-likeness (QED) is 0.286. The molecule has 146 valence electrons. The largest absolute Gasteiger partial charge is 0.490 e. The van der Waals surface area contributed by atoms with E-state index in [1.165, 1.54) is 0 Å². The van der Waals surface area contributed by atoms with E-state index >= 15 is 0 Å². The van der Waals surface area contributed by atoms with E-state index in [1.54, 1.807) is 6.92 Å². The van der Waals surface area contributed by atoms with E-state index in [9.17, 15) is 23.7 Å². The van der Waals surface area contributed by atoms with Crippen LogP contribution in [0.15, 0.2) is 0 Å². The Morgan fingerprint density at radius 3 is 2.08 bits per heavy atom. The fraction of sp³-hybridized carbons (Fsp3) is 1.00. The average Bonchev–Trinajstić information content (AvgIpc) is 3.21. The Kier molecular flexibility index (Phi) is 4.54. The first-order chi connectivity index (χ1) is 11.0. The predicted molar refractivity (Wildman–Crippen MR) is 79.4 cm³/mol. The maximum atomic E-state index is 11.8. The molecule has 2 spiro atoms. The Balaban J connectivity index is 1.67. The molecule has 3 fully saturated rings. The van der Waals surface area contributed by atoms with Gasteiger partial charge in [0.2, 0.25) is 0 Å². The molecule has 1 aliphatic heterocycles. The maximum Gasteiger partial charge on any atom is 0.490 e. The van der Waals surface area contributed by atoms with E-state index < -0.39 is 51.8 Å². The number of hydrogen-bond donors (Lipinski definition) is 5. The number of aliphatic hydroxyl groups is 1. The molecule has 25 heavy (non-hydrogen) atoms. The third kappa shape index (κ3) is 3.67. The van der Waals surface area contributed by atoms with Crippen molar-refractivity contribution in [3.05, 3.63) is 0 Å². The normalized spacial score (nSPS) is 43.8. The molecule has 1 saturated heterocycles. The Morgan fingerprint density at radius 1 is 1.08 bits per heavy atom. The van der Waals surface area contributed by atoms with Crippen LogP contribution in [0.4, 0.5) is 0 Å². The van der Waals surface area contributed by atoms with Gasteiger partial charge in [-0.05, 0) is 19.8 Å². The van der Waals surface area contributed by atoms with Gasteiger partial charge in [0, 0.05) is 6.42 Å². The minimum Gasteiger partial charge on any atom is -0.388 e. The minimum absolute atomic E-state index is 0.0266. The molecular weight excluding hydrogens is 428 g/mol. The Labute approximate surface area is 146 Å². The monoisotopic (exact) mass is 444 g/mol. The van der Waals surface area contributed by atoms with E-state index in [-0.39, 0.29) is 6.42 Å². The lowest BCUT2D eigenvalue weighted by molar-refractivity contribution is -0.0453. The van der Waals surface area contributed by atoms with Crippen LogP contribution in [-0.2, 0) is 31.6 Å². The smallest absolute Gasteiger partial charge is 0.388 e. The van der Waals surface area contributed by atoms with Crippen molar-refractivity contribution in [2.24, 2.45) is 0 Å². The van der Waals surface area contributed by atoms with Gasteiger partial charge in [-0.2, -0.15) is 8.62 Å². The lowest BCUT2D eigenvalue weighted by atomic mass is 9.94. The molecule has 0 radical (unpaired) electrons. The van der Waals surface area contributed by atoms with Crippen molar-refractivity contribution in [1.29, 1.82) is 0 Å². The molecule has 5 N–H and O–H groups in total. The van der Waals surface area contributed by atoms with Gasteiger partial charge in [-0.1, -0.05) is 0 Å². The third-order valence-electron chi connectivity index (χ3n) is 4.52. The Morgan fingerprint density at radius 2 is 1.64 bits per heavy atom. The Hall–Kier alpha value is 0.620. The SMILES string of the molecule is C[C@@]1(Cl)[C@H](O)C2(C[C@@H]2OP(=O)(O)OP(=O)(O)OP(=O)(O)O)OC12CC2. The molecule has 16 heteroatoms. The molecule has 2 saturated carbocycles. The number of halogens is 1. The molecule has 0 aromatic heterocycles. The fourth-order valence-corrected chi connectivity index (χ4v) is 6.79. The average molecular weight is 445 g/mol. The van der Waals surface area contributed by atoms with Crippen molar-refractivity contribution in [2.75, 3.05) is 0 Å². The van der Waals surface area contributed by atoms with Crippen LogP contribution in [0.25, 0.3) is 0 Å². The van der Waals surface area contributed by atoms with Crippen LogP contribution >= 0.6 is 35.1 Å². The van der Waals surface area contributed by atoms with Crippen molar-refractivity contribution in [3.63, 3.8) is 0 Å². The molecule has 3 rings (SSSR count). The predicted octanol–water partition coefficient (Wildman–Crippen LogP) is 0.762. The summed E-state index contributed by atoms with van der Waals surface area (Å²) in [5.74, 6) is 0. The van der Waals surface area contributed by atoms with Crippen LogP contribution in [0.2, 0.25) is 0 Å². The number of phosphoric ester groups is 1. The second-order valence-electron chi connectivity index (χ2n) is 6.42. The van der Waals surface area contributed by atoms with Gasteiger partial charge in [0.25, 0.3) is 0 Å². The minimum atomic E-state index is -5.59. The highest BCUT2D eigenvalue weighted by atomic mass is 35.5. The lowest BCUT2D eigenvalue weighted by Gasteiger charge is -2.25. The number of phosphoric acid groups is 3. The number of ether oxygens (including phenoxy) is 1. The molecule has 2 aliphatic carbocycles. The number of alkyl halides is 1. The molecule has 3 unspecified atom stereocenters. The maximum absolute atomic E-state index is 11.8. The van der Waals surface area contributed by atoms with Crippen molar-refractivity contribution < 1.29 is 56.3 Å². The summed E-state index contributed by atoms with van der Waals surface area (Å²) < 4.78 is 51.4. The van der Waals surface area contributed by atoms with E-state index in [2.05, 4.69) is 8.62 Å². The fourth-order valence-electron chi connectivity index (χ4n) is 3.14.